The third-order valence-corrected chi connectivity index (χ3v) is 7.63. The maximum Gasteiger partial charge on any atom is 0.509 e. The molecule has 1 spiro atoms. The molecule has 9 nitrogen and oxygen atoms in total. The summed E-state index contributed by atoms with van der Waals surface area (Å²) in [6.07, 6.45) is 1.64. The van der Waals surface area contributed by atoms with Crippen molar-refractivity contribution in [1.29, 1.82) is 0 Å². The van der Waals surface area contributed by atoms with Crippen LogP contribution in [0.25, 0.3) is 0 Å². The second-order valence-corrected chi connectivity index (χ2v) is 9.05. The quantitative estimate of drug-likeness (QED) is 0.500. The van der Waals surface area contributed by atoms with Crippen molar-refractivity contribution in [1.82, 2.24) is 4.90 Å². The summed E-state index contributed by atoms with van der Waals surface area (Å²) in [5.74, 6) is 0.391. The lowest BCUT2D eigenvalue weighted by Gasteiger charge is -2.62. The van der Waals surface area contributed by atoms with E-state index >= 15 is 0 Å². The highest BCUT2D eigenvalue weighted by Gasteiger charge is 2.76. The standard InChI is InChI=1S/C25H27NO8/c1-3-11-31-22(29)26-10-9-24-19-15-5-6-16(14-27)20(19)33-21(24)17(28)7-8-25(24,18(26)13-15)34-23(30)32-12-4-2/h3-6,18,21,27H,1-2,7-14H2/t18-,21+,24+,25-/m1/s1. The van der Waals surface area contributed by atoms with E-state index in [1.54, 1.807) is 11.0 Å². The first-order chi connectivity index (χ1) is 16.4. The third-order valence-electron chi connectivity index (χ3n) is 7.63. The van der Waals surface area contributed by atoms with E-state index < -0.39 is 35.4 Å². The molecule has 1 aromatic carbocycles. The number of aliphatic hydroxyl groups is 1. The molecule has 2 aliphatic heterocycles. The van der Waals surface area contributed by atoms with Crippen LogP contribution in [-0.4, -0.2) is 65.5 Å². The summed E-state index contributed by atoms with van der Waals surface area (Å²) in [4.78, 5) is 40.6. The normalized spacial score (nSPS) is 30.0. The number of likely N-dealkylation sites (tertiary alicyclic amines) is 1. The van der Waals surface area contributed by atoms with Gasteiger partial charge in [0.2, 0.25) is 0 Å². The molecule has 180 valence electrons. The van der Waals surface area contributed by atoms with Crippen LogP contribution in [0.5, 0.6) is 5.75 Å². The fraction of sp³-hybridized carbons (Fsp3) is 0.480. The van der Waals surface area contributed by atoms with E-state index in [1.165, 1.54) is 12.2 Å². The molecule has 4 aliphatic rings. The lowest BCUT2D eigenvalue weighted by Crippen LogP contribution is -2.78. The Morgan fingerprint density at radius 3 is 2.71 bits per heavy atom. The minimum absolute atomic E-state index is 0.0347. The SMILES string of the molecule is C=CCOC(=O)O[C@@]12CCC(=O)[C@@H]3Oc4c(CO)ccc5c4[C@@]31CCN(C(=O)OCC=C)[C@@H]2C5. The van der Waals surface area contributed by atoms with Gasteiger partial charge in [-0.3, -0.25) is 4.79 Å². The highest BCUT2D eigenvalue weighted by atomic mass is 16.7. The molecule has 34 heavy (non-hydrogen) atoms. The number of hydrogen-bond donors (Lipinski definition) is 1. The molecular weight excluding hydrogens is 442 g/mol. The number of nitrogens with zero attached hydrogens (tertiary/aromatic N) is 1. The lowest BCUT2D eigenvalue weighted by atomic mass is 9.48. The fourth-order valence-corrected chi connectivity index (χ4v) is 6.44. The van der Waals surface area contributed by atoms with Crippen LogP contribution in [0.4, 0.5) is 9.59 Å². The van der Waals surface area contributed by atoms with Gasteiger partial charge >= 0.3 is 12.2 Å². The van der Waals surface area contributed by atoms with Gasteiger partial charge in [0.15, 0.2) is 17.5 Å². The third kappa shape index (κ3) is 2.86. The van der Waals surface area contributed by atoms with Crippen LogP contribution in [0, 0.1) is 0 Å². The average Bonchev–Trinajstić information content (AvgIpc) is 3.18. The van der Waals surface area contributed by atoms with E-state index in [0.29, 0.717) is 30.7 Å². The molecule has 5 rings (SSSR count). The molecule has 1 amide bonds. The fourth-order valence-electron chi connectivity index (χ4n) is 6.44. The first kappa shape index (κ1) is 22.5. The number of rotatable bonds is 6. The molecule has 0 aromatic heterocycles. The number of ketones is 1. The Labute approximate surface area is 196 Å². The van der Waals surface area contributed by atoms with Gasteiger partial charge in [-0.05, 0) is 24.8 Å². The van der Waals surface area contributed by atoms with Crippen molar-refractivity contribution in [2.75, 3.05) is 19.8 Å². The largest absolute Gasteiger partial charge is 0.509 e. The molecular formula is C25H27NO8. The number of piperidine rings is 1. The van der Waals surface area contributed by atoms with Gasteiger partial charge in [0, 0.05) is 24.1 Å². The smallest absolute Gasteiger partial charge is 0.481 e. The molecule has 2 heterocycles. The molecule has 1 saturated carbocycles. The van der Waals surface area contributed by atoms with Gasteiger partial charge in [-0.15, -0.1) is 0 Å². The van der Waals surface area contributed by atoms with Crippen LogP contribution in [0.3, 0.4) is 0 Å². The monoisotopic (exact) mass is 469 g/mol. The molecule has 2 aliphatic carbocycles. The Morgan fingerprint density at radius 1 is 1.21 bits per heavy atom. The topological polar surface area (TPSA) is 112 Å². The van der Waals surface area contributed by atoms with Gasteiger partial charge in [0.05, 0.1) is 18.1 Å². The molecule has 0 radical (unpaired) electrons. The second-order valence-electron chi connectivity index (χ2n) is 9.05. The molecule has 2 bridgehead atoms. The summed E-state index contributed by atoms with van der Waals surface area (Å²) in [6, 6.07) is 3.07. The Bertz CT molecular complexity index is 1080. The highest BCUT2D eigenvalue weighted by Crippen LogP contribution is 2.65. The van der Waals surface area contributed by atoms with Crippen LogP contribution < -0.4 is 4.74 Å². The molecule has 2 fully saturated rings. The van der Waals surface area contributed by atoms with Crippen molar-refractivity contribution in [3.05, 3.63) is 54.1 Å². The Kier molecular flexibility index (Phi) is 5.39. The van der Waals surface area contributed by atoms with Crippen LogP contribution in [-0.2, 0) is 37.4 Å². The predicted molar refractivity (Wildman–Crippen MR) is 118 cm³/mol. The van der Waals surface area contributed by atoms with Crippen LogP contribution in [0.15, 0.2) is 37.4 Å². The van der Waals surface area contributed by atoms with Crippen molar-refractivity contribution in [2.45, 2.75) is 55.5 Å². The van der Waals surface area contributed by atoms with Gasteiger partial charge in [-0.2, -0.15) is 0 Å². The summed E-state index contributed by atoms with van der Waals surface area (Å²) in [5.41, 5.74) is 0.00787. The predicted octanol–water partition coefficient (Wildman–Crippen LogP) is 2.57. The summed E-state index contributed by atoms with van der Waals surface area (Å²) in [7, 11) is 0. The summed E-state index contributed by atoms with van der Waals surface area (Å²) in [5, 5.41) is 9.95. The van der Waals surface area contributed by atoms with Crippen molar-refractivity contribution >= 4 is 18.0 Å². The zero-order chi connectivity index (χ0) is 24.1. The molecule has 1 aromatic rings. The lowest BCUT2D eigenvalue weighted by molar-refractivity contribution is -0.191. The Balaban J connectivity index is 1.69. The summed E-state index contributed by atoms with van der Waals surface area (Å²) in [6.45, 7) is 7.21. The summed E-state index contributed by atoms with van der Waals surface area (Å²) < 4.78 is 22.9. The van der Waals surface area contributed by atoms with E-state index in [0.717, 1.165) is 11.1 Å². The zero-order valence-electron chi connectivity index (χ0n) is 18.8. The van der Waals surface area contributed by atoms with E-state index in [9.17, 15) is 19.5 Å². The zero-order valence-corrected chi connectivity index (χ0v) is 18.8. The number of carbonyl (C=O) groups excluding carboxylic acids is 3. The molecule has 1 saturated heterocycles. The maximum atomic E-state index is 13.2. The number of hydrogen-bond acceptors (Lipinski definition) is 8. The summed E-state index contributed by atoms with van der Waals surface area (Å²) >= 11 is 0. The molecule has 4 atom stereocenters. The minimum atomic E-state index is -1.26. The van der Waals surface area contributed by atoms with Gasteiger partial charge in [-0.1, -0.05) is 37.4 Å². The van der Waals surface area contributed by atoms with Gasteiger partial charge < -0.3 is 29.0 Å². The van der Waals surface area contributed by atoms with Crippen LogP contribution >= 0.6 is 0 Å². The van der Waals surface area contributed by atoms with E-state index in [2.05, 4.69) is 13.2 Å². The van der Waals surface area contributed by atoms with Gasteiger partial charge in [0.1, 0.15) is 19.0 Å². The molecule has 0 unspecified atom stereocenters. The number of carbonyl (C=O) groups is 3. The minimum Gasteiger partial charge on any atom is -0.481 e. The van der Waals surface area contributed by atoms with Gasteiger partial charge in [0.25, 0.3) is 0 Å². The van der Waals surface area contributed by atoms with Crippen molar-refractivity contribution in [3.63, 3.8) is 0 Å². The first-order valence-corrected chi connectivity index (χ1v) is 11.4. The average molecular weight is 469 g/mol. The number of ether oxygens (including phenoxy) is 4. The Hall–Kier alpha value is -3.33. The first-order valence-electron chi connectivity index (χ1n) is 11.4. The van der Waals surface area contributed by atoms with Crippen molar-refractivity contribution in [3.8, 4) is 5.75 Å². The maximum absolute atomic E-state index is 13.2. The van der Waals surface area contributed by atoms with Gasteiger partial charge in [-0.25, -0.2) is 9.59 Å². The number of amides is 1. The number of Topliss-reactive ketones (excluding diaryl/α,β-unsaturated/α-hetero) is 1. The van der Waals surface area contributed by atoms with E-state index in [4.69, 9.17) is 18.9 Å². The van der Waals surface area contributed by atoms with E-state index in [-0.39, 0.29) is 38.4 Å². The van der Waals surface area contributed by atoms with Crippen molar-refractivity contribution in [2.24, 2.45) is 0 Å². The Morgan fingerprint density at radius 2 is 1.97 bits per heavy atom. The van der Waals surface area contributed by atoms with Crippen molar-refractivity contribution < 1.29 is 38.4 Å². The van der Waals surface area contributed by atoms with Crippen LogP contribution in [0.2, 0.25) is 0 Å². The van der Waals surface area contributed by atoms with E-state index in [1.807, 2.05) is 6.07 Å². The molecule has 1 N–H and O–H groups in total. The second kappa shape index (κ2) is 8.16. The number of benzene rings is 1. The van der Waals surface area contributed by atoms with Crippen LogP contribution in [0.1, 0.15) is 36.0 Å². The highest BCUT2D eigenvalue weighted by molar-refractivity contribution is 5.90. The number of aliphatic hydroxyl groups excluding tert-OH is 1. The molecule has 9 heteroatoms.